The van der Waals surface area contributed by atoms with Gasteiger partial charge in [0.25, 0.3) is 0 Å². The maximum atomic E-state index is 2.41. The van der Waals surface area contributed by atoms with Crippen molar-refractivity contribution in [3.8, 4) is 33.4 Å². The van der Waals surface area contributed by atoms with E-state index in [-0.39, 0.29) is 0 Å². The van der Waals surface area contributed by atoms with Crippen molar-refractivity contribution in [3.63, 3.8) is 0 Å². The van der Waals surface area contributed by atoms with Crippen LogP contribution < -0.4 is 4.90 Å². The average Bonchev–Trinajstić information content (AvgIpc) is 3.54. The molecule has 0 saturated carbocycles. The number of hydrogen-bond acceptors (Lipinski definition) is 1. The third kappa shape index (κ3) is 3.94. The first-order valence-corrected chi connectivity index (χ1v) is 18.1. The first-order valence-electron chi connectivity index (χ1n) is 18.1. The lowest BCUT2D eigenvalue weighted by molar-refractivity contribution is 0.773. The summed E-state index contributed by atoms with van der Waals surface area (Å²) in [7, 11) is 0. The van der Waals surface area contributed by atoms with Gasteiger partial charge in [-0.1, -0.05) is 170 Å². The number of rotatable bonds is 5. The summed E-state index contributed by atoms with van der Waals surface area (Å²) in [5, 5.41) is 5.12. The molecule has 0 bridgehead atoms. The molecule has 0 amide bonds. The van der Waals surface area contributed by atoms with Crippen LogP contribution in [0.15, 0.2) is 200 Å². The molecule has 2 aliphatic rings. The first-order chi connectivity index (χ1) is 25.8. The first kappa shape index (κ1) is 29.1. The van der Waals surface area contributed by atoms with Crippen LogP contribution in [0, 0.1) is 0 Å². The van der Waals surface area contributed by atoms with E-state index in [2.05, 4.69) is 205 Å². The van der Waals surface area contributed by atoms with Gasteiger partial charge in [-0.05, 0) is 102 Å². The largest absolute Gasteiger partial charge is 0.310 e. The highest BCUT2D eigenvalue weighted by Crippen LogP contribution is 2.63. The quantitative estimate of drug-likeness (QED) is 0.178. The smallest absolute Gasteiger partial charge is 0.0725 e. The number of fused-ring (bicyclic) bond motifs is 7. The zero-order valence-corrected chi connectivity index (χ0v) is 28.5. The van der Waals surface area contributed by atoms with E-state index >= 15 is 0 Å². The molecule has 0 spiro atoms. The monoisotopic (exact) mass is 659 g/mol. The zero-order chi connectivity index (χ0) is 34.2. The lowest BCUT2D eigenvalue weighted by atomic mass is 9.62. The van der Waals surface area contributed by atoms with Crippen LogP contribution in [-0.2, 0) is 5.41 Å². The molecule has 0 radical (unpaired) electrons. The fourth-order valence-corrected chi connectivity index (χ4v) is 9.39. The number of para-hydroxylation sites is 1. The third-order valence-electron chi connectivity index (χ3n) is 11.5. The summed E-state index contributed by atoms with van der Waals surface area (Å²) >= 11 is 0. The molecule has 9 aromatic carbocycles. The van der Waals surface area contributed by atoms with Crippen LogP contribution in [0.1, 0.15) is 22.3 Å². The van der Waals surface area contributed by atoms with Crippen molar-refractivity contribution in [1.82, 2.24) is 0 Å². The fourth-order valence-electron chi connectivity index (χ4n) is 9.39. The molecule has 0 heterocycles. The normalized spacial score (nSPS) is 15.0. The van der Waals surface area contributed by atoms with Crippen LogP contribution in [0.5, 0.6) is 0 Å². The minimum atomic E-state index is -0.434. The molecular formula is C51H33N. The molecular weight excluding hydrogens is 627 g/mol. The molecule has 1 nitrogen and oxygen atoms in total. The van der Waals surface area contributed by atoms with Crippen LogP contribution in [0.3, 0.4) is 0 Å². The van der Waals surface area contributed by atoms with Gasteiger partial charge in [-0.25, -0.2) is 0 Å². The summed E-state index contributed by atoms with van der Waals surface area (Å²) < 4.78 is 0. The average molecular weight is 660 g/mol. The van der Waals surface area contributed by atoms with Crippen LogP contribution >= 0.6 is 0 Å². The Labute approximate surface area is 303 Å². The molecule has 0 N–H and O–H groups in total. The Balaban J connectivity index is 1.15. The molecule has 1 unspecified atom stereocenters. The molecule has 2 aliphatic carbocycles. The Morgan fingerprint density at radius 1 is 0.346 bits per heavy atom. The number of nitrogens with zero attached hydrogens (tertiary/aromatic N) is 1. The minimum absolute atomic E-state index is 0.434. The summed E-state index contributed by atoms with van der Waals surface area (Å²) in [5.74, 6) is 0. The molecule has 11 rings (SSSR count). The lowest BCUT2D eigenvalue weighted by Crippen LogP contribution is -2.31. The van der Waals surface area contributed by atoms with Crippen molar-refractivity contribution >= 4 is 38.6 Å². The maximum Gasteiger partial charge on any atom is 0.0725 e. The van der Waals surface area contributed by atoms with Gasteiger partial charge in [0.05, 0.1) is 11.1 Å². The van der Waals surface area contributed by atoms with E-state index in [9.17, 15) is 0 Å². The van der Waals surface area contributed by atoms with Crippen LogP contribution in [0.2, 0.25) is 0 Å². The molecule has 0 aromatic heterocycles. The van der Waals surface area contributed by atoms with E-state index in [1.165, 1.54) is 77.2 Å². The van der Waals surface area contributed by atoms with Gasteiger partial charge in [0, 0.05) is 16.8 Å². The van der Waals surface area contributed by atoms with Crippen molar-refractivity contribution in [2.45, 2.75) is 5.41 Å². The van der Waals surface area contributed by atoms with Crippen LogP contribution in [0.25, 0.3) is 54.9 Å². The van der Waals surface area contributed by atoms with Gasteiger partial charge < -0.3 is 4.90 Å². The van der Waals surface area contributed by atoms with Gasteiger partial charge in [0.2, 0.25) is 0 Å². The Bertz CT molecular complexity index is 2830. The lowest BCUT2D eigenvalue weighted by Gasteiger charge is -2.40. The second kappa shape index (κ2) is 11.2. The number of benzene rings is 9. The standard InChI is InChI=1S/C51H33N/c1-3-14-34(15-4-1)39-32-33-48(43-22-8-7-19-40(39)43)52(37-17-5-2-6-18-37)38-29-27-36(28-30-38)51-46-24-11-9-20-41(46)44-23-13-16-35-26-31-45(50(51)49(35)44)42-21-10-12-25-47(42)51/h1-33H. The summed E-state index contributed by atoms with van der Waals surface area (Å²) in [4.78, 5) is 2.41. The topological polar surface area (TPSA) is 3.24 Å². The SMILES string of the molecule is c1ccc(-c2ccc(N(c3ccccc3)c3ccc(C45c6ccccc6-c6ccc7cccc(c7c64)-c4ccccc45)cc3)c3ccccc23)cc1. The number of hydrogen-bond donors (Lipinski definition) is 0. The van der Waals surface area contributed by atoms with E-state index < -0.39 is 5.41 Å². The maximum absolute atomic E-state index is 2.41. The Morgan fingerprint density at radius 2 is 0.923 bits per heavy atom. The Morgan fingerprint density at radius 3 is 1.67 bits per heavy atom. The molecule has 0 aliphatic heterocycles. The highest BCUT2D eigenvalue weighted by Gasteiger charge is 2.50. The molecule has 0 saturated heterocycles. The van der Waals surface area contributed by atoms with E-state index in [0.717, 1.165) is 17.1 Å². The summed E-state index contributed by atoms with van der Waals surface area (Å²) in [6, 6.07) is 73.9. The van der Waals surface area contributed by atoms with Gasteiger partial charge in [-0.2, -0.15) is 0 Å². The highest BCUT2D eigenvalue weighted by atomic mass is 15.1. The van der Waals surface area contributed by atoms with Gasteiger partial charge in [-0.15, -0.1) is 0 Å². The summed E-state index contributed by atoms with van der Waals surface area (Å²) in [6.45, 7) is 0. The molecule has 52 heavy (non-hydrogen) atoms. The Kier molecular flexibility index (Phi) is 6.23. The summed E-state index contributed by atoms with van der Waals surface area (Å²) in [6.07, 6.45) is 0. The van der Waals surface area contributed by atoms with E-state index in [4.69, 9.17) is 0 Å². The van der Waals surface area contributed by atoms with E-state index in [0.29, 0.717) is 0 Å². The molecule has 242 valence electrons. The van der Waals surface area contributed by atoms with Gasteiger partial charge >= 0.3 is 0 Å². The van der Waals surface area contributed by atoms with Crippen LogP contribution in [-0.4, -0.2) is 0 Å². The van der Waals surface area contributed by atoms with Crippen molar-refractivity contribution in [2.75, 3.05) is 4.90 Å². The molecule has 1 atom stereocenters. The highest BCUT2D eigenvalue weighted by molar-refractivity contribution is 6.11. The van der Waals surface area contributed by atoms with Gasteiger partial charge in [-0.3, -0.25) is 0 Å². The summed E-state index contributed by atoms with van der Waals surface area (Å²) in [5.41, 5.74) is 16.1. The van der Waals surface area contributed by atoms with Crippen molar-refractivity contribution < 1.29 is 0 Å². The fraction of sp³-hybridized carbons (Fsp3) is 0.0196. The number of anilines is 3. The molecule has 0 fully saturated rings. The van der Waals surface area contributed by atoms with Gasteiger partial charge in [0.15, 0.2) is 0 Å². The second-order valence-corrected chi connectivity index (χ2v) is 14.0. The van der Waals surface area contributed by atoms with Crippen molar-refractivity contribution in [1.29, 1.82) is 0 Å². The minimum Gasteiger partial charge on any atom is -0.310 e. The van der Waals surface area contributed by atoms with E-state index in [1.54, 1.807) is 0 Å². The predicted octanol–water partition coefficient (Wildman–Crippen LogP) is 13.5. The zero-order valence-electron chi connectivity index (χ0n) is 28.5. The van der Waals surface area contributed by atoms with Crippen molar-refractivity contribution in [3.05, 3.63) is 222 Å². The van der Waals surface area contributed by atoms with Gasteiger partial charge in [0.1, 0.15) is 0 Å². The molecule has 1 heteroatoms. The predicted molar refractivity (Wildman–Crippen MR) is 218 cm³/mol. The van der Waals surface area contributed by atoms with Crippen LogP contribution in [0.4, 0.5) is 17.1 Å². The third-order valence-corrected chi connectivity index (χ3v) is 11.5. The van der Waals surface area contributed by atoms with Crippen molar-refractivity contribution in [2.24, 2.45) is 0 Å². The Hall–Kier alpha value is -6.70. The van der Waals surface area contributed by atoms with E-state index in [1.807, 2.05) is 0 Å². The molecule has 9 aromatic rings. The second-order valence-electron chi connectivity index (χ2n) is 14.0.